The molecule has 0 aromatic carbocycles. The van der Waals surface area contributed by atoms with Crippen LogP contribution in [-0.4, -0.2) is 40.7 Å². The summed E-state index contributed by atoms with van der Waals surface area (Å²) in [6, 6.07) is 1.68. The highest BCUT2D eigenvalue weighted by Crippen LogP contribution is 2.24. The lowest BCUT2D eigenvalue weighted by atomic mass is 10.2. The number of anilines is 1. The lowest BCUT2D eigenvalue weighted by Gasteiger charge is -2.23. The zero-order valence-electron chi connectivity index (χ0n) is 12.9. The van der Waals surface area contributed by atoms with Crippen molar-refractivity contribution in [2.45, 2.75) is 40.0 Å². The maximum atomic E-state index is 12.4. The molecule has 0 spiro atoms. The Morgan fingerprint density at radius 2 is 2.05 bits per heavy atom. The highest BCUT2D eigenvalue weighted by Gasteiger charge is 2.16. The second-order valence-electron chi connectivity index (χ2n) is 5.09. The van der Waals surface area contributed by atoms with Gasteiger partial charge >= 0.3 is 6.03 Å². The number of aliphatic hydroxyl groups is 1. The molecule has 1 aromatic rings. The minimum absolute atomic E-state index is 0.0712. The standard InChI is InChI=1S/C15H24ClN3O2/c1-4-5-7-19(8-6-9-20)15(21)18-13-11(2)10-12(3)17-14(13)16/h10,20H,4-9H2,1-3H3,(H,18,21). The Morgan fingerprint density at radius 3 is 2.62 bits per heavy atom. The van der Waals surface area contributed by atoms with Gasteiger partial charge in [-0.1, -0.05) is 24.9 Å². The van der Waals surface area contributed by atoms with Gasteiger partial charge in [0.1, 0.15) is 0 Å². The summed E-state index contributed by atoms with van der Waals surface area (Å²) >= 11 is 6.11. The van der Waals surface area contributed by atoms with E-state index in [1.807, 2.05) is 19.9 Å². The first kappa shape index (κ1) is 17.7. The maximum Gasteiger partial charge on any atom is 0.321 e. The van der Waals surface area contributed by atoms with Gasteiger partial charge in [0.15, 0.2) is 5.15 Å². The minimum Gasteiger partial charge on any atom is -0.396 e. The number of halogens is 1. The number of aromatic nitrogens is 1. The van der Waals surface area contributed by atoms with Gasteiger partial charge < -0.3 is 15.3 Å². The number of hydrogen-bond acceptors (Lipinski definition) is 3. The Kier molecular flexibility index (Phi) is 7.47. The van der Waals surface area contributed by atoms with E-state index in [1.165, 1.54) is 0 Å². The minimum atomic E-state index is -0.201. The molecule has 118 valence electrons. The fourth-order valence-electron chi connectivity index (χ4n) is 2.05. The topological polar surface area (TPSA) is 65.5 Å². The van der Waals surface area contributed by atoms with Crippen molar-refractivity contribution < 1.29 is 9.90 Å². The predicted molar refractivity (Wildman–Crippen MR) is 85.9 cm³/mol. The molecule has 0 fully saturated rings. The molecule has 1 aromatic heterocycles. The molecule has 1 rings (SSSR count). The number of aliphatic hydroxyl groups excluding tert-OH is 1. The number of carbonyl (C=O) groups excluding carboxylic acids is 1. The second-order valence-corrected chi connectivity index (χ2v) is 5.45. The van der Waals surface area contributed by atoms with Crippen LogP contribution in [0.3, 0.4) is 0 Å². The largest absolute Gasteiger partial charge is 0.396 e. The Balaban J connectivity index is 2.80. The van der Waals surface area contributed by atoms with Crippen LogP contribution in [0, 0.1) is 13.8 Å². The van der Waals surface area contributed by atoms with E-state index in [4.69, 9.17) is 16.7 Å². The van der Waals surface area contributed by atoms with Crippen molar-refractivity contribution in [3.63, 3.8) is 0 Å². The molecule has 2 N–H and O–H groups in total. The first-order valence-corrected chi connectivity index (χ1v) is 7.68. The molecule has 1 heterocycles. The monoisotopic (exact) mass is 313 g/mol. The summed E-state index contributed by atoms with van der Waals surface area (Å²) in [4.78, 5) is 18.2. The van der Waals surface area contributed by atoms with E-state index < -0.39 is 0 Å². The molecule has 2 amide bonds. The van der Waals surface area contributed by atoms with Crippen molar-refractivity contribution in [3.8, 4) is 0 Å². The summed E-state index contributed by atoms with van der Waals surface area (Å²) in [7, 11) is 0. The molecular weight excluding hydrogens is 290 g/mol. The number of rotatable bonds is 7. The molecule has 0 aliphatic heterocycles. The summed E-state index contributed by atoms with van der Waals surface area (Å²) in [5, 5.41) is 12.1. The van der Waals surface area contributed by atoms with Gasteiger partial charge in [0.05, 0.1) is 5.69 Å². The van der Waals surface area contributed by atoms with E-state index in [0.717, 1.165) is 24.1 Å². The van der Waals surface area contributed by atoms with Crippen molar-refractivity contribution in [2.75, 3.05) is 25.0 Å². The molecule has 6 heteroatoms. The summed E-state index contributed by atoms with van der Waals surface area (Å²) in [6.07, 6.45) is 2.50. The van der Waals surface area contributed by atoms with Gasteiger partial charge in [0.2, 0.25) is 0 Å². The van der Waals surface area contributed by atoms with Gasteiger partial charge in [-0.3, -0.25) is 0 Å². The predicted octanol–water partition coefficient (Wildman–Crippen LogP) is 3.37. The van der Waals surface area contributed by atoms with Crippen LogP contribution in [0.25, 0.3) is 0 Å². The lowest BCUT2D eigenvalue weighted by molar-refractivity contribution is 0.201. The van der Waals surface area contributed by atoms with E-state index in [1.54, 1.807) is 4.90 Å². The fraction of sp³-hybridized carbons (Fsp3) is 0.600. The Bertz CT molecular complexity index is 449. The first-order chi connectivity index (χ1) is 9.99. The molecule has 0 unspecified atom stereocenters. The van der Waals surface area contributed by atoms with E-state index in [-0.39, 0.29) is 12.6 Å². The van der Waals surface area contributed by atoms with Crippen LogP contribution in [0.5, 0.6) is 0 Å². The van der Waals surface area contributed by atoms with E-state index in [0.29, 0.717) is 30.4 Å². The quantitative estimate of drug-likeness (QED) is 0.758. The number of aryl methyl sites for hydroxylation is 2. The molecule has 0 bridgehead atoms. The molecule has 5 nitrogen and oxygen atoms in total. The van der Waals surface area contributed by atoms with Gasteiger partial charge in [-0.05, 0) is 38.3 Å². The SMILES string of the molecule is CCCCN(CCCO)C(=O)Nc1c(C)cc(C)nc1Cl. The zero-order valence-corrected chi connectivity index (χ0v) is 13.7. The maximum absolute atomic E-state index is 12.4. The summed E-state index contributed by atoms with van der Waals surface area (Å²) in [6.45, 7) is 7.09. The molecule has 0 aliphatic carbocycles. The number of hydrogen-bond donors (Lipinski definition) is 2. The van der Waals surface area contributed by atoms with Crippen molar-refractivity contribution in [1.82, 2.24) is 9.88 Å². The van der Waals surface area contributed by atoms with Crippen LogP contribution in [0.15, 0.2) is 6.07 Å². The van der Waals surface area contributed by atoms with Crippen LogP contribution < -0.4 is 5.32 Å². The smallest absolute Gasteiger partial charge is 0.321 e. The van der Waals surface area contributed by atoms with Crippen LogP contribution in [-0.2, 0) is 0 Å². The van der Waals surface area contributed by atoms with Gasteiger partial charge in [-0.25, -0.2) is 9.78 Å². The Labute approximate surface area is 131 Å². The number of urea groups is 1. The number of unbranched alkanes of at least 4 members (excludes halogenated alkanes) is 1. The molecule has 0 saturated heterocycles. The number of pyridine rings is 1. The third kappa shape index (κ3) is 5.52. The van der Waals surface area contributed by atoms with Gasteiger partial charge in [0.25, 0.3) is 0 Å². The molecular formula is C15H24ClN3O2. The number of nitrogens with one attached hydrogen (secondary N) is 1. The number of nitrogens with zero attached hydrogens (tertiary/aromatic N) is 2. The van der Waals surface area contributed by atoms with Gasteiger partial charge in [-0.2, -0.15) is 0 Å². The van der Waals surface area contributed by atoms with Crippen LogP contribution >= 0.6 is 11.6 Å². The van der Waals surface area contributed by atoms with Gasteiger partial charge in [-0.15, -0.1) is 0 Å². The second kappa shape index (κ2) is 8.85. The molecule has 0 saturated carbocycles. The average molecular weight is 314 g/mol. The highest BCUT2D eigenvalue weighted by molar-refractivity contribution is 6.32. The van der Waals surface area contributed by atoms with Crippen molar-refractivity contribution >= 4 is 23.3 Å². The van der Waals surface area contributed by atoms with Crippen molar-refractivity contribution in [1.29, 1.82) is 0 Å². The van der Waals surface area contributed by atoms with E-state index in [9.17, 15) is 4.79 Å². The van der Waals surface area contributed by atoms with E-state index >= 15 is 0 Å². The summed E-state index contributed by atoms with van der Waals surface area (Å²) in [5.74, 6) is 0. The van der Waals surface area contributed by atoms with Crippen molar-refractivity contribution in [3.05, 3.63) is 22.5 Å². The Morgan fingerprint density at radius 1 is 1.38 bits per heavy atom. The molecule has 0 atom stereocenters. The third-order valence-electron chi connectivity index (χ3n) is 3.19. The van der Waals surface area contributed by atoms with Crippen LogP contribution in [0.2, 0.25) is 5.15 Å². The van der Waals surface area contributed by atoms with Gasteiger partial charge in [0, 0.05) is 25.4 Å². The van der Waals surface area contributed by atoms with Crippen LogP contribution in [0.1, 0.15) is 37.4 Å². The van der Waals surface area contributed by atoms with E-state index in [2.05, 4.69) is 17.2 Å². The summed E-state index contributed by atoms with van der Waals surface area (Å²) < 4.78 is 0. The molecule has 0 radical (unpaired) electrons. The Hall–Kier alpha value is -1.33. The van der Waals surface area contributed by atoms with Crippen LogP contribution in [0.4, 0.5) is 10.5 Å². The summed E-state index contributed by atoms with van der Waals surface area (Å²) in [5.41, 5.74) is 2.26. The molecule has 21 heavy (non-hydrogen) atoms. The number of amides is 2. The average Bonchev–Trinajstić information content (AvgIpc) is 2.42. The number of carbonyl (C=O) groups is 1. The normalized spacial score (nSPS) is 10.5. The zero-order chi connectivity index (χ0) is 15.8. The fourth-order valence-corrected chi connectivity index (χ4v) is 2.38. The first-order valence-electron chi connectivity index (χ1n) is 7.30. The molecule has 0 aliphatic rings. The van der Waals surface area contributed by atoms with Crippen molar-refractivity contribution in [2.24, 2.45) is 0 Å². The lowest BCUT2D eigenvalue weighted by Crippen LogP contribution is -2.37. The third-order valence-corrected chi connectivity index (χ3v) is 3.46. The highest BCUT2D eigenvalue weighted by atomic mass is 35.5.